The second-order valence-electron chi connectivity index (χ2n) is 16.7. The first-order valence-electron chi connectivity index (χ1n) is 21.1. The van der Waals surface area contributed by atoms with Crippen molar-refractivity contribution in [3.05, 3.63) is 0 Å². The van der Waals surface area contributed by atoms with Crippen LogP contribution in [0.15, 0.2) is 4.99 Å². The van der Waals surface area contributed by atoms with Gasteiger partial charge in [0.05, 0.1) is 12.6 Å². The van der Waals surface area contributed by atoms with Gasteiger partial charge in [0.2, 0.25) is 47.3 Å². The van der Waals surface area contributed by atoms with E-state index >= 15 is 0 Å². The average Bonchev–Trinajstić information content (AvgIpc) is 3.89. The van der Waals surface area contributed by atoms with Crippen LogP contribution >= 0.6 is 0 Å². The molecule has 0 aromatic carbocycles. The van der Waals surface area contributed by atoms with Crippen LogP contribution in [-0.4, -0.2) is 154 Å². The van der Waals surface area contributed by atoms with Gasteiger partial charge in [-0.1, -0.05) is 27.7 Å². The Bertz CT molecular complexity index is 1640. The number of carboxylic acid groups (broad SMARTS) is 1. The van der Waals surface area contributed by atoms with Gasteiger partial charge in [0.1, 0.15) is 42.3 Å². The number of rotatable bonds is 25. The molecule has 0 aliphatic carbocycles. The maximum atomic E-state index is 14.3. The molecule has 2 saturated heterocycles. The summed E-state index contributed by atoms with van der Waals surface area (Å²) in [5.74, 6) is -7.06. The number of guanidine groups is 1. The van der Waals surface area contributed by atoms with E-state index in [4.69, 9.17) is 22.9 Å². The largest absolute Gasteiger partial charge is 0.480 e. The summed E-state index contributed by atoms with van der Waals surface area (Å²) in [6.07, 6.45) is 1.87. The molecule has 8 atom stereocenters. The lowest BCUT2D eigenvalue weighted by molar-refractivity contribution is -0.148. The number of aliphatic hydroxyl groups is 1. The Kier molecular flexibility index (Phi) is 21.5. The van der Waals surface area contributed by atoms with Crippen molar-refractivity contribution in [1.82, 2.24) is 36.4 Å². The van der Waals surface area contributed by atoms with Gasteiger partial charge in [0, 0.05) is 26.1 Å². The van der Waals surface area contributed by atoms with E-state index in [1.54, 1.807) is 13.8 Å². The van der Waals surface area contributed by atoms with Crippen molar-refractivity contribution in [3.8, 4) is 0 Å². The van der Waals surface area contributed by atoms with Crippen LogP contribution < -0.4 is 49.5 Å². The number of aliphatic imine (C=N–C) groups is 1. The first-order valence-corrected chi connectivity index (χ1v) is 21.1. The first-order chi connectivity index (χ1) is 29.1. The lowest BCUT2D eigenvalue weighted by atomic mass is 10.0. The summed E-state index contributed by atoms with van der Waals surface area (Å²) in [4.78, 5) is 124. The molecule has 0 unspecified atom stereocenters. The number of nitrogens with one attached hydrogen (secondary N) is 5. The number of aliphatic hydroxyl groups excluding tert-OH is 1. The van der Waals surface area contributed by atoms with E-state index in [9.17, 15) is 53.4 Å². The lowest BCUT2D eigenvalue weighted by Gasteiger charge is -2.33. The van der Waals surface area contributed by atoms with Gasteiger partial charge >= 0.3 is 5.97 Å². The fourth-order valence-corrected chi connectivity index (χ4v) is 7.26. The van der Waals surface area contributed by atoms with Gasteiger partial charge in [-0.05, 0) is 76.5 Å². The number of likely N-dealkylation sites (tertiary alicyclic amines) is 2. The van der Waals surface area contributed by atoms with E-state index in [1.165, 1.54) is 16.7 Å². The van der Waals surface area contributed by atoms with E-state index in [-0.39, 0.29) is 88.8 Å². The van der Waals surface area contributed by atoms with E-state index in [1.807, 2.05) is 13.8 Å². The van der Waals surface area contributed by atoms with Crippen molar-refractivity contribution < 1.29 is 53.4 Å². The van der Waals surface area contributed by atoms with Gasteiger partial charge < -0.3 is 69.5 Å². The fraction of sp³-hybridized carbons (Fsp3) is 0.744. The minimum atomic E-state index is -1.58. The second-order valence-corrected chi connectivity index (χ2v) is 16.7. The number of nitrogens with zero attached hydrogens (tertiary/aromatic N) is 3. The predicted molar refractivity (Wildman–Crippen MR) is 225 cm³/mol. The Hall–Kier alpha value is -5.58. The Balaban J connectivity index is 2.25. The van der Waals surface area contributed by atoms with Crippen molar-refractivity contribution >= 4 is 59.2 Å². The molecule has 23 heteroatoms. The van der Waals surface area contributed by atoms with E-state index in [2.05, 4.69) is 31.6 Å². The number of amides is 8. The highest BCUT2D eigenvalue weighted by Crippen LogP contribution is 2.26. The highest BCUT2D eigenvalue weighted by Gasteiger charge is 2.44. The zero-order valence-electron chi connectivity index (χ0n) is 36.4. The summed E-state index contributed by atoms with van der Waals surface area (Å²) in [5.41, 5.74) is 22.0. The number of aliphatic carboxylic acids is 1. The third kappa shape index (κ3) is 16.7. The van der Waals surface area contributed by atoms with Gasteiger partial charge in [0.25, 0.3) is 0 Å². The van der Waals surface area contributed by atoms with Crippen molar-refractivity contribution in [2.45, 2.75) is 147 Å². The van der Waals surface area contributed by atoms with Crippen LogP contribution in [0.3, 0.4) is 0 Å². The van der Waals surface area contributed by atoms with Crippen molar-refractivity contribution in [1.29, 1.82) is 0 Å². The number of carbonyl (C=O) groups is 9. The van der Waals surface area contributed by atoms with Crippen LogP contribution in [0.5, 0.6) is 0 Å². The lowest BCUT2D eigenvalue weighted by Crippen LogP contribution is -2.59. The summed E-state index contributed by atoms with van der Waals surface area (Å²) in [5, 5.41) is 31.4. The highest BCUT2D eigenvalue weighted by molar-refractivity contribution is 5.98. The van der Waals surface area contributed by atoms with Gasteiger partial charge in [-0.25, -0.2) is 4.79 Å². The van der Waals surface area contributed by atoms with Crippen molar-refractivity contribution in [3.63, 3.8) is 0 Å². The SMILES string of the molecule is CC(C)C[C@H](NC(=O)[C@@H](N)CCC(N)=O)C(=O)N[C@@H](C)C(=O)N[C@@H](CCCN=C(N)N)C(=O)N1CCC[C@H]1C(=O)N1CCC[C@H]1C(=O)N[C@@H](CC(C)C)C(=O)N[C@@H](CO)C(=O)O. The number of carbonyl (C=O) groups excluding carboxylic acids is 8. The zero-order valence-corrected chi connectivity index (χ0v) is 36.4. The third-order valence-corrected chi connectivity index (χ3v) is 10.5. The normalized spacial score (nSPS) is 19.0. The van der Waals surface area contributed by atoms with Crippen LogP contribution in [0.25, 0.3) is 0 Å². The Morgan fingerprint density at radius 3 is 1.76 bits per heavy atom. The molecular formula is C39H68N12O11. The smallest absolute Gasteiger partial charge is 0.328 e. The molecule has 2 heterocycles. The summed E-state index contributed by atoms with van der Waals surface area (Å²) in [7, 11) is 0. The monoisotopic (exact) mass is 881 g/mol. The summed E-state index contributed by atoms with van der Waals surface area (Å²) >= 11 is 0. The average molecular weight is 881 g/mol. The van der Waals surface area contributed by atoms with Crippen LogP contribution in [-0.2, 0) is 43.2 Å². The molecule has 15 N–H and O–H groups in total. The minimum absolute atomic E-state index is 0.0321. The number of hydrogen-bond acceptors (Lipinski definition) is 12. The molecule has 0 saturated carbocycles. The van der Waals surface area contributed by atoms with E-state index in [0.717, 1.165) is 0 Å². The highest BCUT2D eigenvalue weighted by atomic mass is 16.4. The van der Waals surface area contributed by atoms with Gasteiger partial charge in [-0.15, -0.1) is 0 Å². The molecule has 8 amide bonds. The standard InChI is InChI=1S/C39H68N12O11/c1-20(2)17-25(47-32(55)23(40)12-13-30(41)53)33(56)45-22(5)31(54)46-24(9-6-14-44-39(42)43)36(59)51-16-8-11-29(51)37(60)50-15-7-10-28(50)35(58)48-26(18-21(3)4)34(57)49-27(19-52)38(61)62/h20-29,52H,6-19,40H2,1-5H3,(H2,41,53)(H,45,56)(H,46,54)(H,47,55)(H,48,58)(H,49,57)(H,61,62)(H4,42,43,44)/t22-,23-,24-,25-,26-,27-,28-,29-/m0/s1. The Labute approximate surface area is 361 Å². The summed E-state index contributed by atoms with van der Waals surface area (Å²) < 4.78 is 0. The summed E-state index contributed by atoms with van der Waals surface area (Å²) in [6.45, 7) is 8.27. The number of nitrogens with two attached hydrogens (primary N) is 4. The molecule has 2 aliphatic heterocycles. The number of hydrogen-bond donors (Lipinski definition) is 11. The number of carboxylic acids is 1. The van der Waals surface area contributed by atoms with Crippen LogP contribution in [0.1, 0.15) is 98.8 Å². The van der Waals surface area contributed by atoms with E-state index in [0.29, 0.717) is 12.8 Å². The minimum Gasteiger partial charge on any atom is -0.480 e. The third-order valence-electron chi connectivity index (χ3n) is 10.5. The Morgan fingerprint density at radius 1 is 0.677 bits per heavy atom. The molecule has 0 radical (unpaired) electrons. The molecule has 350 valence electrons. The van der Waals surface area contributed by atoms with Crippen LogP contribution in [0, 0.1) is 11.8 Å². The molecule has 0 aromatic rings. The molecule has 0 spiro atoms. The molecule has 62 heavy (non-hydrogen) atoms. The maximum absolute atomic E-state index is 14.3. The molecule has 0 aromatic heterocycles. The van der Waals surface area contributed by atoms with E-state index < -0.39 is 108 Å². The van der Waals surface area contributed by atoms with Gasteiger partial charge in [0.15, 0.2) is 5.96 Å². The number of primary amides is 1. The van der Waals surface area contributed by atoms with Gasteiger partial charge in [-0.3, -0.25) is 43.3 Å². The zero-order chi connectivity index (χ0) is 46.8. The summed E-state index contributed by atoms with van der Waals surface area (Å²) in [6, 6.07) is -9.32. The maximum Gasteiger partial charge on any atom is 0.328 e. The van der Waals surface area contributed by atoms with Crippen LogP contribution in [0.4, 0.5) is 0 Å². The van der Waals surface area contributed by atoms with Crippen LogP contribution in [0.2, 0.25) is 0 Å². The topological polar surface area (TPSA) is 377 Å². The predicted octanol–water partition coefficient (Wildman–Crippen LogP) is -3.77. The molecule has 2 aliphatic rings. The molecule has 23 nitrogen and oxygen atoms in total. The molecular weight excluding hydrogens is 813 g/mol. The fourth-order valence-electron chi connectivity index (χ4n) is 7.26. The molecule has 2 fully saturated rings. The molecule has 0 bridgehead atoms. The quantitative estimate of drug-likeness (QED) is 0.0238. The second kappa shape index (κ2) is 25.4. The van der Waals surface area contributed by atoms with Crippen molar-refractivity contribution in [2.75, 3.05) is 26.2 Å². The van der Waals surface area contributed by atoms with Gasteiger partial charge in [-0.2, -0.15) is 0 Å². The van der Waals surface area contributed by atoms with Crippen molar-refractivity contribution in [2.24, 2.45) is 39.8 Å². The first kappa shape index (κ1) is 52.6. The molecule has 2 rings (SSSR count). The Morgan fingerprint density at radius 2 is 1.21 bits per heavy atom.